The molecule has 1 unspecified atom stereocenters. The van der Waals surface area contributed by atoms with Gasteiger partial charge in [0, 0.05) is 18.4 Å². The molecule has 0 fully saturated rings. The number of nitrogens with zero attached hydrogens (tertiary/aromatic N) is 1. The maximum atomic E-state index is 11.7. The molecule has 0 aliphatic rings. The highest BCUT2D eigenvalue weighted by molar-refractivity contribution is 7.09. The van der Waals surface area contributed by atoms with Gasteiger partial charge in [0.25, 0.3) is 6.43 Å². The van der Waals surface area contributed by atoms with Gasteiger partial charge in [0.1, 0.15) is 6.61 Å². The largest absolute Gasteiger partial charge is 0.393 e. The van der Waals surface area contributed by atoms with Crippen LogP contribution >= 0.6 is 11.3 Å². The van der Waals surface area contributed by atoms with Gasteiger partial charge in [-0.2, -0.15) is 0 Å². The van der Waals surface area contributed by atoms with Gasteiger partial charge in [0.2, 0.25) is 0 Å². The Labute approximate surface area is 97.1 Å². The summed E-state index contributed by atoms with van der Waals surface area (Å²) in [4.78, 5) is 4.20. The number of aryl methyl sites for hydroxylation is 1. The minimum atomic E-state index is -2.45. The number of alkyl halides is 2. The number of hydrogen-bond donors (Lipinski definition) is 1. The Hall–Kier alpha value is -0.590. The van der Waals surface area contributed by atoms with Crippen molar-refractivity contribution in [1.29, 1.82) is 0 Å². The zero-order valence-electron chi connectivity index (χ0n) is 9.03. The van der Waals surface area contributed by atoms with Crippen molar-refractivity contribution in [3.05, 3.63) is 16.1 Å². The smallest absolute Gasteiger partial charge is 0.261 e. The lowest BCUT2D eigenvalue weighted by atomic mass is 10.1. The summed E-state index contributed by atoms with van der Waals surface area (Å²) in [6.07, 6.45) is -2.23. The zero-order valence-corrected chi connectivity index (χ0v) is 9.84. The quantitative estimate of drug-likeness (QED) is 0.754. The van der Waals surface area contributed by atoms with E-state index in [9.17, 15) is 13.9 Å². The predicted octanol–water partition coefficient (Wildman–Crippen LogP) is 2.03. The number of aliphatic hydroxyl groups is 1. The van der Waals surface area contributed by atoms with Gasteiger partial charge < -0.3 is 9.84 Å². The van der Waals surface area contributed by atoms with Crippen molar-refractivity contribution in [2.75, 3.05) is 13.2 Å². The maximum Gasteiger partial charge on any atom is 0.261 e. The molecule has 0 aliphatic carbocycles. The van der Waals surface area contributed by atoms with E-state index < -0.39 is 19.1 Å². The van der Waals surface area contributed by atoms with Gasteiger partial charge in [0.15, 0.2) is 0 Å². The van der Waals surface area contributed by atoms with Crippen molar-refractivity contribution in [1.82, 2.24) is 4.98 Å². The molecule has 1 atom stereocenters. The second kappa shape index (κ2) is 6.88. The first-order chi connectivity index (χ1) is 7.58. The molecule has 92 valence electrons. The monoisotopic (exact) mass is 251 g/mol. The molecule has 1 rings (SSSR count). The fourth-order valence-electron chi connectivity index (χ4n) is 1.24. The zero-order chi connectivity index (χ0) is 12.0. The first kappa shape index (κ1) is 13.5. The van der Waals surface area contributed by atoms with Crippen LogP contribution in [-0.4, -0.2) is 35.8 Å². The van der Waals surface area contributed by atoms with Crippen LogP contribution < -0.4 is 0 Å². The Morgan fingerprint density at radius 1 is 1.56 bits per heavy atom. The molecule has 0 aromatic carbocycles. The molecule has 0 aliphatic heterocycles. The first-order valence-corrected chi connectivity index (χ1v) is 5.91. The normalized spacial score (nSPS) is 13.3. The van der Waals surface area contributed by atoms with Crippen LogP contribution in [0.1, 0.15) is 17.1 Å². The Bertz CT molecular complexity index is 307. The first-order valence-electron chi connectivity index (χ1n) is 5.03. The number of aromatic nitrogens is 1. The van der Waals surface area contributed by atoms with E-state index in [-0.39, 0.29) is 6.61 Å². The van der Waals surface area contributed by atoms with E-state index in [1.807, 2.05) is 12.3 Å². The Balaban J connectivity index is 2.13. The van der Waals surface area contributed by atoms with Crippen molar-refractivity contribution in [3.63, 3.8) is 0 Å². The summed E-state index contributed by atoms with van der Waals surface area (Å²) in [6, 6.07) is 0. The number of aliphatic hydroxyl groups excluding tert-OH is 1. The van der Waals surface area contributed by atoms with Gasteiger partial charge in [-0.05, 0) is 13.3 Å². The van der Waals surface area contributed by atoms with Crippen molar-refractivity contribution in [3.8, 4) is 0 Å². The van der Waals surface area contributed by atoms with Crippen LogP contribution in [0.3, 0.4) is 0 Å². The fraction of sp³-hybridized carbons (Fsp3) is 0.700. The summed E-state index contributed by atoms with van der Waals surface area (Å²) in [5, 5.41) is 12.4. The van der Waals surface area contributed by atoms with Crippen LogP contribution in [0.25, 0.3) is 0 Å². The van der Waals surface area contributed by atoms with Crippen molar-refractivity contribution >= 4 is 11.3 Å². The van der Waals surface area contributed by atoms with Crippen molar-refractivity contribution in [2.45, 2.75) is 32.3 Å². The van der Waals surface area contributed by atoms with Gasteiger partial charge in [0.05, 0.1) is 16.8 Å². The van der Waals surface area contributed by atoms with E-state index in [0.717, 1.165) is 10.7 Å². The fourth-order valence-corrected chi connectivity index (χ4v) is 1.86. The topological polar surface area (TPSA) is 42.4 Å². The van der Waals surface area contributed by atoms with Crippen LogP contribution in [0.4, 0.5) is 8.78 Å². The number of ether oxygens (including phenoxy) is 1. The van der Waals surface area contributed by atoms with Crippen LogP contribution in [0.5, 0.6) is 0 Å². The summed E-state index contributed by atoms with van der Waals surface area (Å²) in [5.74, 6) is 0. The van der Waals surface area contributed by atoms with Crippen LogP contribution in [0.2, 0.25) is 0 Å². The molecule has 0 spiro atoms. The molecule has 1 aromatic heterocycles. The highest BCUT2D eigenvalue weighted by atomic mass is 32.1. The Kier molecular flexibility index (Phi) is 5.79. The molecular formula is C10H15F2NO2S. The van der Waals surface area contributed by atoms with Gasteiger partial charge in [-0.25, -0.2) is 13.8 Å². The average molecular weight is 251 g/mol. The van der Waals surface area contributed by atoms with Crippen LogP contribution in [0, 0.1) is 6.92 Å². The lowest BCUT2D eigenvalue weighted by Crippen LogP contribution is -2.15. The van der Waals surface area contributed by atoms with Gasteiger partial charge in [-0.15, -0.1) is 11.3 Å². The van der Waals surface area contributed by atoms with E-state index in [4.69, 9.17) is 0 Å². The second-order valence-electron chi connectivity index (χ2n) is 3.47. The third-order valence-corrected chi connectivity index (χ3v) is 2.77. The molecular weight excluding hydrogens is 236 g/mol. The molecule has 0 saturated heterocycles. The molecule has 0 saturated carbocycles. The Morgan fingerprint density at radius 2 is 2.31 bits per heavy atom. The third-order valence-electron chi connectivity index (χ3n) is 1.95. The summed E-state index contributed by atoms with van der Waals surface area (Å²) in [7, 11) is 0. The molecule has 1 aromatic rings. The van der Waals surface area contributed by atoms with Gasteiger partial charge in [-0.3, -0.25) is 0 Å². The summed E-state index contributed by atoms with van der Waals surface area (Å²) in [5.41, 5.74) is 0.837. The molecule has 0 bridgehead atoms. The maximum absolute atomic E-state index is 11.7. The molecule has 1 N–H and O–H groups in total. The molecule has 3 nitrogen and oxygen atoms in total. The number of thiazole rings is 1. The third kappa shape index (κ3) is 5.48. The molecule has 1 heterocycles. The van der Waals surface area contributed by atoms with E-state index in [1.165, 1.54) is 11.3 Å². The summed E-state index contributed by atoms with van der Waals surface area (Å²) < 4.78 is 28.1. The lowest BCUT2D eigenvalue weighted by molar-refractivity contribution is 0.00505. The number of hydrogen-bond acceptors (Lipinski definition) is 4. The van der Waals surface area contributed by atoms with Crippen molar-refractivity contribution < 1.29 is 18.6 Å². The predicted molar refractivity (Wildman–Crippen MR) is 58.0 cm³/mol. The second-order valence-corrected chi connectivity index (χ2v) is 4.53. The number of rotatable bonds is 7. The summed E-state index contributed by atoms with van der Waals surface area (Å²) >= 11 is 1.53. The minimum Gasteiger partial charge on any atom is -0.393 e. The van der Waals surface area contributed by atoms with Crippen LogP contribution in [0.15, 0.2) is 5.38 Å². The van der Waals surface area contributed by atoms with E-state index in [0.29, 0.717) is 12.8 Å². The van der Waals surface area contributed by atoms with Crippen molar-refractivity contribution in [2.24, 2.45) is 0 Å². The molecule has 6 heteroatoms. The van der Waals surface area contributed by atoms with E-state index in [1.54, 1.807) is 0 Å². The Morgan fingerprint density at radius 3 is 2.88 bits per heavy atom. The highest BCUT2D eigenvalue weighted by Gasteiger charge is 2.09. The van der Waals surface area contributed by atoms with E-state index >= 15 is 0 Å². The molecule has 16 heavy (non-hydrogen) atoms. The standard InChI is InChI=1S/C10H15F2NO2S/c1-7-13-8(6-16-7)4-9(14)2-3-15-5-10(11)12/h6,9-10,14H,2-5H2,1H3. The molecule has 0 radical (unpaired) electrons. The van der Waals surface area contributed by atoms with E-state index in [2.05, 4.69) is 9.72 Å². The average Bonchev–Trinajstić information content (AvgIpc) is 2.58. The minimum absolute atomic E-state index is 0.147. The van der Waals surface area contributed by atoms with Gasteiger partial charge in [-0.1, -0.05) is 0 Å². The highest BCUT2D eigenvalue weighted by Crippen LogP contribution is 2.11. The molecule has 0 amide bonds. The van der Waals surface area contributed by atoms with Gasteiger partial charge >= 0.3 is 0 Å². The summed E-state index contributed by atoms with van der Waals surface area (Å²) in [6.45, 7) is 1.48. The SMILES string of the molecule is Cc1nc(CC(O)CCOCC(F)F)cs1. The lowest BCUT2D eigenvalue weighted by Gasteiger charge is -2.09. The van der Waals surface area contributed by atoms with Crippen LogP contribution in [-0.2, 0) is 11.2 Å². The number of halogens is 2.